The summed E-state index contributed by atoms with van der Waals surface area (Å²) in [6.07, 6.45) is 1.36. The fourth-order valence-electron chi connectivity index (χ4n) is 3.08. The molecule has 0 saturated heterocycles. The van der Waals surface area contributed by atoms with Crippen molar-refractivity contribution in [1.29, 1.82) is 0 Å². The zero-order valence-electron chi connectivity index (χ0n) is 17.4. The maximum absolute atomic E-state index is 13.3. The monoisotopic (exact) mass is 489 g/mol. The minimum Gasteiger partial charge on any atom is -0.271 e. The van der Waals surface area contributed by atoms with E-state index in [9.17, 15) is 13.2 Å². The van der Waals surface area contributed by atoms with Crippen molar-refractivity contribution >= 4 is 51.0 Å². The van der Waals surface area contributed by atoms with E-state index in [4.69, 9.17) is 23.2 Å². The number of halogens is 2. The van der Waals surface area contributed by atoms with Gasteiger partial charge >= 0.3 is 0 Å². The third-order valence-corrected chi connectivity index (χ3v) is 6.82. The van der Waals surface area contributed by atoms with E-state index in [-0.39, 0.29) is 4.90 Å². The van der Waals surface area contributed by atoms with Gasteiger partial charge < -0.3 is 0 Å². The predicted octanol–water partition coefficient (Wildman–Crippen LogP) is 4.96. The molecule has 6 nitrogen and oxygen atoms in total. The van der Waals surface area contributed by atoms with Gasteiger partial charge in [0.15, 0.2) is 0 Å². The minimum atomic E-state index is -3.99. The lowest BCUT2D eigenvalue weighted by Crippen LogP contribution is -2.39. The third kappa shape index (κ3) is 5.88. The van der Waals surface area contributed by atoms with Gasteiger partial charge in [-0.1, -0.05) is 53.5 Å². The first-order valence-corrected chi connectivity index (χ1v) is 11.8. The number of hydrazone groups is 1. The molecule has 166 valence electrons. The van der Waals surface area contributed by atoms with Crippen LogP contribution >= 0.6 is 23.2 Å². The molecule has 0 saturated carbocycles. The number of hydrogen-bond acceptors (Lipinski definition) is 4. The Hall–Kier alpha value is -2.87. The number of rotatable bonds is 7. The highest BCUT2D eigenvalue weighted by molar-refractivity contribution is 7.92. The van der Waals surface area contributed by atoms with E-state index in [0.29, 0.717) is 21.3 Å². The summed E-state index contributed by atoms with van der Waals surface area (Å²) in [7, 11) is -3.99. The van der Waals surface area contributed by atoms with Crippen LogP contribution < -0.4 is 9.73 Å². The fraction of sp³-hybridized carbons (Fsp3) is 0.130. The number of nitrogens with one attached hydrogen (secondary N) is 1. The Bertz CT molecular complexity index is 1240. The van der Waals surface area contributed by atoms with Crippen LogP contribution in [0, 0.1) is 13.8 Å². The van der Waals surface area contributed by atoms with Crippen LogP contribution in [0.2, 0.25) is 10.0 Å². The lowest BCUT2D eigenvalue weighted by Gasteiger charge is -2.24. The second-order valence-corrected chi connectivity index (χ2v) is 9.84. The predicted molar refractivity (Wildman–Crippen MR) is 129 cm³/mol. The van der Waals surface area contributed by atoms with E-state index >= 15 is 0 Å². The molecular formula is C23H21Cl2N3O3S. The van der Waals surface area contributed by atoms with Gasteiger partial charge in [-0.2, -0.15) is 5.10 Å². The largest absolute Gasteiger partial charge is 0.271 e. The van der Waals surface area contributed by atoms with Crippen molar-refractivity contribution in [3.8, 4) is 0 Å². The third-order valence-electron chi connectivity index (χ3n) is 4.47. The molecule has 3 aromatic carbocycles. The Morgan fingerprint density at radius 2 is 1.66 bits per heavy atom. The van der Waals surface area contributed by atoms with Crippen LogP contribution in [0.4, 0.5) is 5.69 Å². The van der Waals surface area contributed by atoms with Crippen molar-refractivity contribution in [2.75, 3.05) is 10.8 Å². The number of nitrogens with zero attached hydrogens (tertiary/aromatic N) is 2. The van der Waals surface area contributed by atoms with E-state index in [0.717, 1.165) is 15.4 Å². The summed E-state index contributed by atoms with van der Waals surface area (Å²) in [6, 6.07) is 18.2. The normalized spacial score (nSPS) is 11.5. The van der Waals surface area contributed by atoms with Gasteiger partial charge in [0.1, 0.15) is 6.54 Å². The maximum Gasteiger partial charge on any atom is 0.264 e. The van der Waals surface area contributed by atoms with Crippen LogP contribution in [0.1, 0.15) is 16.7 Å². The molecule has 32 heavy (non-hydrogen) atoms. The van der Waals surface area contributed by atoms with Crippen LogP contribution in [-0.2, 0) is 14.8 Å². The molecule has 0 spiro atoms. The number of carbonyl (C=O) groups excluding carboxylic acids is 1. The van der Waals surface area contributed by atoms with E-state index in [1.54, 1.807) is 48.5 Å². The maximum atomic E-state index is 13.3. The van der Waals surface area contributed by atoms with Crippen LogP contribution in [0.25, 0.3) is 0 Å². The van der Waals surface area contributed by atoms with Crippen LogP contribution in [-0.4, -0.2) is 27.1 Å². The number of carbonyl (C=O) groups is 1. The van der Waals surface area contributed by atoms with Gasteiger partial charge in [-0.3, -0.25) is 9.10 Å². The molecule has 9 heteroatoms. The topological polar surface area (TPSA) is 78.8 Å². The average Bonchev–Trinajstić information content (AvgIpc) is 2.73. The molecule has 0 bridgehead atoms. The minimum absolute atomic E-state index is 0.0865. The zero-order chi connectivity index (χ0) is 23.3. The van der Waals surface area contributed by atoms with Crippen molar-refractivity contribution in [2.24, 2.45) is 5.10 Å². The molecule has 0 fully saturated rings. The van der Waals surface area contributed by atoms with Crippen molar-refractivity contribution in [3.05, 3.63) is 93.5 Å². The number of benzene rings is 3. The van der Waals surface area contributed by atoms with Gasteiger partial charge in [0, 0.05) is 10.6 Å². The van der Waals surface area contributed by atoms with E-state index in [2.05, 4.69) is 10.5 Å². The quantitative estimate of drug-likeness (QED) is 0.376. The summed E-state index contributed by atoms with van der Waals surface area (Å²) in [6.45, 7) is 3.28. The Kier molecular flexibility index (Phi) is 7.56. The van der Waals surface area contributed by atoms with E-state index < -0.39 is 22.5 Å². The standard InChI is InChI=1S/C23H21Cl2N3O3S/c1-16-10-17(2)12-20(11-16)28(32(30,31)21-6-4-3-5-7-21)15-23(29)27-26-14-18-8-9-19(24)13-22(18)25/h3-14H,15H2,1-2H3,(H,27,29)/b26-14-. The SMILES string of the molecule is Cc1cc(C)cc(N(CC(=O)N/N=C\c2ccc(Cl)cc2Cl)S(=O)(=O)c2ccccc2)c1. The molecule has 0 aromatic heterocycles. The molecule has 0 unspecified atom stereocenters. The average molecular weight is 490 g/mol. The van der Waals surface area contributed by atoms with Crippen molar-refractivity contribution in [2.45, 2.75) is 18.7 Å². The molecule has 3 aromatic rings. The first-order valence-electron chi connectivity index (χ1n) is 9.60. The van der Waals surface area contributed by atoms with Crippen LogP contribution in [0.3, 0.4) is 0 Å². The molecule has 0 aliphatic rings. The first-order chi connectivity index (χ1) is 15.2. The molecule has 3 rings (SSSR count). The lowest BCUT2D eigenvalue weighted by atomic mass is 10.1. The van der Waals surface area contributed by atoms with Gasteiger partial charge in [0.2, 0.25) is 0 Å². The van der Waals surface area contributed by atoms with Crippen LogP contribution in [0.15, 0.2) is 76.7 Å². The highest BCUT2D eigenvalue weighted by atomic mass is 35.5. The Labute approximate surface area is 197 Å². The van der Waals surface area contributed by atoms with Crippen LogP contribution in [0.5, 0.6) is 0 Å². The Morgan fingerprint density at radius 1 is 1.00 bits per heavy atom. The zero-order valence-corrected chi connectivity index (χ0v) is 19.7. The highest BCUT2D eigenvalue weighted by Gasteiger charge is 2.27. The Morgan fingerprint density at radius 3 is 2.28 bits per heavy atom. The summed E-state index contributed by atoms with van der Waals surface area (Å²) in [5.41, 5.74) is 5.07. The molecule has 1 amide bonds. The summed E-state index contributed by atoms with van der Waals surface area (Å²) < 4.78 is 27.8. The summed E-state index contributed by atoms with van der Waals surface area (Å²) >= 11 is 12.0. The van der Waals surface area contributed by atoms with Gasteiger partial charge in [0.05, 0.1) is 21.8 Å². The number of anilines is 1. The van der Waals surface area contributed by atoms with E-state index in [1.807, 2.05) is 19.9 Å². The van der Waals surface area contributed by atoms with Gasteiger partial charge in [-0.05, 0) is 61.4 Å². The van der Waals surface area contributed by atoms with Crippen molar-refractivity contribution in [3.63, 3.8) is 0 Å². The number of hydrogen-bond donors (Lipinski definition) is 1. The van der Waals surface area contributed by atoms with Gasteiger partial charge in [-0.25, -0.2) is 13.8 Å². The summed E-state index contributed by atoms with van der Waals surface area (Å²) in [5, 5.41) is 4.75. The van der Waals surface area contributed by atoms with Gasteiger partial charge in [0.25, 0.3) is 15.9 Å². The lowest BCUT2D eigenvalue weighted by molar-refractivity contribution is -0.119. The highest BCUT2D eigenvalue weighted by Crippen LogP contribution is 2.25. The van der Waals surface area contributed by atoms with Crippen molar-refractivity contribution in [1.82, 2.24) is 5.43 Å². The second-order valence-electron chi connectivity index (χ2n) is 7.13. The fourth-order valence-corrected chi connectivity index (χ4v) is 4.96. The summed E-state index contributed by atoms with van der Waals surface area (Å²) in [5.74, 6) is -0.606. The Balaban J connectivity index is 1.87. The molecule has 0 heterocycles. The molecular weight excluding hydrogens is 469 g/mol. The number of sulfonamides is 1. The van der Waals surface area contributed by atoms with E-state index in [1.165, 1.54) is 18.3 Å². The summed E-state index contributed by atoms with van der Waals surface area (Å²) in [4.78, 5) is 12.7. The van der Waals surface area contributed by atoms with Gasteiger partial charge in [-0.15, -0.1) is 0 Å². The smallest absolute Gasteiger partial charge is 0.264 e. The molecule has 0 atom stereocenters. The first kappa shape index (κ1) is 23.8. The molecule has 1 N–H and O–H groups in total. The second kappa shape index (κ2) is 10.2. The number of amides is 1. The molecule has 0 aliphatic carbocycles. The molecule has 0 aliphatic heterocycles. The van der Waals surface area contributed by atoms with Crippen molar-refractivity contribution < 1.29 is 13.2 Å². The number of aryl methyl sites for hydroxylation is 2. The molecule has 0 radical (unpaired) electrons.